The lowest BCUT2D eigenvalue weighted by atomic mass is 10.1. The Kier molecular flexibility index (Phi) is 3.63. The van der Waals surface area contributed by atoms with Crippen molar-refractivity contribution in [1.82, 2.24) is 24.7 Å². The maximum absolute atomic E-state index is 12.4. The van der Waals surface area contributed by atoms with Gasteiger partial charge in [-0.1, -0.05) is 0 Å². The van der Waals surface area contributed by atoms with Gasteiger partial charge in [-0.05, 0) is 25.0 Å². The van der Waals surface area contributed by atoms with E-state index in [1.165, 1.54) is 6.33 Å². The van der Waals surface area contributed by atoms with Gasteiger partial charge >= 0.3 is 0 Å². The van der Waals surface area contributed by atoms with Crippen molar-refractivity contribution in [3.8, 4) is 0 Å². The number of fused-ring (bicyclic) bond motifs is 1. The van der Waals surface area contributed by atoms with Crippen molar-refractivity contribution in [3.63, 3.8) is 0 Å². The van der Waals surface area contributed by atoms with Gasteiger partial charge in [0.25, 0.3) is 5.56 Å². The first kappa shape index (κ1) is 15.4. The minimum Gasteiger partial charge on any atom is -0.377 e. The predicted octanol–water partition coefficient (Wildman–Crippen LogP) is 1.51. The molecular weight excluding hydrogens is 332 g/mol. The van der Waals surface area contributed by atoms with E-state index in [1.807, 2.05) is 12.1 Å². The standard InChI is InChI=1S/C18H18N6O2/c25-17-4-3-13(11-1-2-11)23-24(17)16-9-26-8-15(16)22-18-12-5-6-19-7-14(12)20-10-21-18/h3-7,10-11,15-16H,1-2,8-9H2,(H,20,21,22). The molecule has 1 saturated heterocycles. The van der Waals surface area contributed by atoms with Gasteiger partial charge in [0.05, 0.1) is 36.7 Å². The van der Waals surface area contributed by atoms with Crippen LogP contribution in [-0.4, -0.2) is 44.0 Å². The number of nitrogens with one attached hydrogen (secondary N) is 1. The van der Waals surface area contributed by atoms with Crippen LogP contribution in [0.15, 0.2) is 41.7 Å². The molecule has 0 bridgehead atoms. The van der Waals surface area contributed by atoms with E-state index < -0.39 is 0 Å². The summed E-state index contributed by atoms with van der Waals surface area (Å²) in [5.74, 6) is 1.21. The molecule has 0 spiro atoms. The molecule has 8 nitrogen and oxygen atoms in total. The fraction of sp³-hybridized carbons (Fsp3) is 0.389. The van der Waals surface area contributed by atoms with Gasteiger partial charge in [-0.15, -0.1) is 0 Å². The quantitative estimate of drug-likeness (QED) is 0.762. The van der Waals surface area contributed by atoms with Crippen molar-refractivity contribution in [2.24, 2.45) is 0 Å². The fourth-order valence-electron chi connectivity index (χ4n) is 3.39. The summed E-state index contributed by atoms with van der Waals surface area (Å²) in [6.45, 7) is 0.937. The maximum Gasteiger partial charge on any atom is 0.267 e. The summed E-state index contributed by atoms with van der Waals surface area (Å²) in [6, 6.07) is 5.07. The molecule has 4 heterocycles. The van der Waals surface area contributed by atoms with E-state index in [2.05, 4.69) is 25.4 Å². The number of hydrogen-bond acceptors (Lipinski definition) is 7. The second kappa shape index (κ2) is 6.14. The molecule has 1 saturated carbocycles. The van der Waals surface area contributed by atoms with E-state index in [1.54, 1.807) is 23.1 Å². The lowest BCUT2D eigenvalue weighted by Crippen LogP contribution is -2.37. The van der Waals surface area contributed by atoms with Crippen molar-refractivity contribution in [1.29, 1.82) is 0 Å². The molecule has 2 aliphatic rings. The third-order valence-electron chi connectivity index (χ3n) is 4.97. The lowest BCUT2D eigenvalue weighted by molar-refractivity contribution is 0.182. The molecule has 132 valence electrons. The van der Waals surface area contributed by atoms with Gasteiger partial charge in [0.2, 0.25) is 0 Å². The number of nitrogens with zero attached hydrogens (tertiary/aromatic N) is 5. The van der Waals surface area contributed by atoms with Crippen LogP contribution in [0.5, 0.6) is 0 Å². The first-order valence-corrected chi connectivity index (χ1v) is 8.78. The zero-order chi connectivity index (χ0) is 17.5. The third kappa shape index (κ3) is 2.72. The lowest BCUT2D eigenvalue weighted by Gasteiger charge is -2.21. The minimum atomic E-state index is -0.173. The Morgan fingerprint density at radius 1 is 1.15 bits per heavy atom. The highest BCUT2D eigenvalue weighted by molar-refractivity contribution is 5.88. The number of ether oxygens (including phenoxy) is 1. The van der Waals surface area contributed by atoms with Crippen LogP contribution in [-0.2, 0) is 4.74 Å². The average molecular weight is 350 g/mol. The van der Waals surface area contributed by atoms with Crippen LogP contribution in [0.4, 0.5) is 5.82 Å². The highest BCUT2D eigenvalue weighted by Gasteiger charge is 2.33. The summed E-state index contributed by atoms with van der Waals surface area (Å²) < 4.78 is 7.23. The molecule has 3 aromatic rings. The number of pyridine rings is 1. The second-order valence-corrected chi connectivity index (χ2v) is 6.79. The maximum atomic E-state index is 12.4. The average Bonchev–Trinajstić information content (AvgIpc) is 3.42. The first-order valence-electron chi connectivity index (χ1n) is 8.78. The van der Waals surface area contributed by atoms with Gasteiger partial charge in [0.1, 0.15) is 18.2 Å². The highest BCUT2D eigenvalue weighted by Crippen LogP contribution is 2.38. The molecule has 8 heteroatoms. The van der Waals surface area contributed by atoms with Crippen LogP contribution in [0, 0.1) is 0 Å². The highest BCUT2D eigenvalue weighted by atomic mass is 16.5. The third-order valence-corrected chi connectivity index (χ3v) is 4.97. The predicted molar refractivity (Wildman–Crippen MR) is 95.1 cm³/mol. The summed E-state index contributed by atoms with van der Waals surface area (Å²) in [6.07, 6.45) is 7.22. The van der Waals surface area contributed by atoms with Gasteiger partial charge in [0, 0.05) is 23.6 Å². The molecule has 3 aromatic heterocycles. The van der Waals surface area contributed by atoms with E-state index >= 15 is 0 Å². The zero-order valence-electron chi connectivity index (χ0n) is 14.1. The molecule has 5 rings (SSSR count). The molecule has 0 radical (unpaired) electrons. The van der Waals surface area contributed by atoms with Gasteiger partial charge < -0.3 is 10.1 Å². The number of aromatic nitrogens is 5. The normalized spacial score (nSPS) is 22.6. The Labute approximate surface area is 149 Å². The summed E-state index contributed by atoms with van der Waals surface area (Å²) in [4.78, 5) is 25.1. The molecule has 1 aliphatic carbocycles. The Morgan fingerprint density at radius 2 is 2.08 bits per heavy atom. The Morgan fingerprint density at radius 3 is 2.96 bits per heavy atom. The van der Waals surface area contributed by atoms with Gasteiger partial charge in [-0.3, -0.25) is 9.78 Å². The minimum absolute atomic E-state index is 0.0964. The van der Waals surface area contributed by atoms with E-state index in [0.717, 1.165) is 29.4 Å². The summed E-state index contributed by atoms with van der Waals surface area (Å²) in [5.41, 5.74) is 1.66. The Bertz CT molecular complexity index is 1010. The number of rotatable bonds is 4. The van der Waals surface area contributed by atoms with Crippen LogP contribution in [0.2, 0.25) is 0 Å². The van der Waals surface area contributed by atoms with Gasteiger partial charge in [-0.25, -0.2) is 14.6 Å². The van der Waals surface area contributed by atoms with Crippen molar-refractivity contribution >= 4 is 16.7 Å². The largest absolute Gasteiger partial charge is 0.377 e. The van der Waals surface area contributed by atoms with Gasteiger partial charge in [0.15, 0.2) is 0 Å². The van der Waals surface area contributed by atoms with Crippen LogP contribution in [0.3, 0.4) is 0 Å². The van der Waals surface area contributed by atoms with Crippen LogP contribution >= 0.6 is 0 Å². The smallest absolute Gasteiger partial charge is 0.267 e. The topological polar surface area (TPSA) is 94.8 Å². The van der Waals surface area contributed by atoms with E-state index in [-0.39, 0.29) is 17.6 Å². The Balaban J connectivity index is 1.48. The van der Waals surface area contributed by atoms with E-state index in [9.17, 15) is 4.79 Å². The number of hydrogen-bond donors (Lipinski definition) is 1. The number of anilines is 1. The molecule has 1 aliphatic heterocycles. The molecule has 2 atom stereocenters. The SMILES string of the molecule is O=c1ccc(C2CC2)nn1C1COCC1Nc1ncnc2cnccc12. The van der Waals surface area contributed by atoms with Crippen LogP contribution < -0.4 is 10.9 Å². The Hall–Kier alpha value is -2.87. The molecule has 26 heavy (non-hydrogen) atoms. The molecular formula is C18H18N6O2. The summed E-state index contributed by atoms with van der Waals surface area (Å²) in [7, 11) is 0. The first-order chi connectivity index (χ1) is 12.8. The van der Waals surface area contributed by atoms with Crippen molar-refractivity contribution in [2.45, 2.75) is 30.8 Å². The van der Waals surface area contributed by atoms with Crippen molar-refractivity contribution < 1.29 is 4.74 Å². The molecule has 2 unspecified atom stereocenters. The van der Waals surface area contributed by atoms with Crippen LogP contribution in [0.1, 0.15) is 30.5 Å². The summed E-state index contributed by atoms with van der Waals surface area (Å²) in [5, 5.41) is 8.92. The van der Waals surface area contributed by atoms with Gasteiger partial charge in [-0.2, -0.15) is 5.10 Å². The molecule has 0 amide bonds. The molecule has 2 fully saturated rings. The summed E-state index contributed by atoms with van der Waals surface area (Å²) >= 11 is 0. The monoisotopic (exact) mass is 350 g/mol. The van der Waals surface area contributed by atoms with E-state index in [4.69, 9.17) is 4.74 Å². The van der Waals surface area contributed by atoms with E-state index in [0.29, 0.717) is 24.9 Å². The second-order valence-electron chi connectivity index (χ2n) is 6.79. The fourth-order valence-corrected chi connectivity index (χ4v) is 3.39. The van der Waals surface area contributed by atoms with Crippen molar-refractivity contribution in [2.75, 3.05) is 18.5 Å². The molecule has 0 aromatic carbocycles. The van der Waals surface area contributed by atoms with Crippen molar-refractivity contribution in [3.05, 3.63) is 53.0 Å². The van der Waals surface area contributed by atoms with Crippen LogP contribution in [0.25, 0.3) is 10.9 Å². The zero-order valence-corrected chi connectivity index (χ0v) is 14.1. The molecule has 1 N–H and O–H groups in total.